The number of furan rings is 5. The average Bonchev–Trinajstić information content (AvgIpc) is 1.56. The van der Waals surface area contributed by atoms with Crippen LogP contribution in [0.15, 0.2) is 306 Å². The molecule has 1 aliphatic carbocycles. The van der Waals surface area contributed by atoms with Gasteiger partial charge in [0.15, 0.2) is 11.6 Å². The van der Waals surface area contributed by atoms with Crippen molar-refractivity contribution in [1.82, 2.24) is 37.8 Å². The predicted octanol–water partition coefficient (Wildman–Crippen LogP) is 26.2. The Bertz CT molecular complexity index is 8170. The van der Waals surface area contributed by atoms with E-state index in [2.05, 4.69) is 180 Å². The number of pyridine rings is 1. The van der Waals surface area contributed by atoms with Crippen LogP contribution in [-0.2, 0) is 101 Å². The van der Waals surface area contributed by atoms with Crippen LogP contribution in [0.1, 0.15) is 22.4 Å². The maximum absolute atomic E-state index is 6.51. The van der Waals surface area contributed by atoms with Gasteiger partial charge in [-0.3, -0.25) is 14.4 Å². The molecule has 615 valence electrons. The van der Waals surface area contributed by atoms with Crippen LogP contribution in [0, 0.1) is 68.6 Å². The fourth-order valence-corrected chi connectivity index (χ4v) is 18.0. The van der Waals surface area contributed by atoms with Crippen molar-refractivity contribution in [2.45, 2.75) is 26.7 Å². The minimum Gasteiger partial charge on any atom is -0.518 e. The summed E-state index contributed by atoms with van der Waals surface area (Å²) in [5, 5.41) is 10.1. The van der Waals surface area contributed by atoms with Gasteiger partial charge >= 0.3 is 6.01 Å². The zero-order chi connectivity index (χ0) is 80.7. The first kappa shape index (κ1) is 79.1. The fourth-order valence-electron chi connectivity index (χ4n) is 17.1. The Hall–Kier alpha value is -13.4. The SMILES string of the molecule is Cc1[c-]n(-c2coc3oc(N(c4ccccc4)c4nc5c6c(ccc5n4C)CCc4ccc[c-]c4-6)[c-]c23)c(C)c1.Cn1c(-c2cccc3oc(N(c4[c-]c5c(-c6[c-]cc7ccccc7c6)coc5cc4)c4ccccc4)nc23)[c-]c2ccccc21.Cn1c[c-]c(-c2csc3cc4c5ccccc5n(-c5[c-]c6c(-c7[c-]cccc7)coc6o5)c4nc23)c1.[Ag].[Ag].[Ag]. The van der Waals surface area contributed by atoms with Gasteiger partial charge < -0.3 is 44.8 Å². The number of rotatable bonds is 12. The van der Waals surface area contributed by atoms with Crippen LogP contribution in [0.2, 0.25) is 0 Å². The fraction of sp³-hybridized carbons (Fsp3) is 0.0673. The van der Waals surface area contributed by atoms with Gasteiger partial charge in [0, 0.05) is 132 Å². The first-order valence-electron chi connectivity index (χ1n) is 39.7. The number of nitrogens with zero attached hydrogens (tertiary/aromatic N) is 10. The number of anilines is 6. The van der Waals surface area contributed by atoms with Crippen LogP contribution in [0.5, 0.6) is 0 Å². The maximum Gasteiger partial charge on any atom is 0.305 e. The molecule has 124 heavy (non-hydrogen) atoms. The van der Waals surface area contributed by atoms with Crippen molar-refractivity contribution in [2.75, 3.05) is 9.80 Å². The first-order valence-corrected chi connectivity index (χ1v) is 40.6. The number of aryl methyl sites for hydroxylation is 7. The van der Waals surface area contributed by atoms with Gasteiger partial charge in [-0.2, -0.15) is 29.0 Å². The third kappa shape index (κ3) is 13.5. The predicted molar refractivity (Wildman–Crippen MR) is 478 cm³/mol. The van der Waals surface area contributed by atoms with Crippen LogP contribution in [0.25, 0.3) is 177 Å². The van der Waals surface area contributed by atoms with Gasteiger partial charge in [0.2, 0.25) is 5.95 Å². The first-order chi connectivity index (χ1) is 59.5. The van der Waals surface area contributed by atoms with Crippen molar-refractivity contribution < 1.29 is 93.6 Å². The van der Waals surface area contributed by atoms with Crippen molar-refractivity contribution in [1.29, 1.82) is 0 Å². The number of para-hydroxylation sites is 5. The van der Waals surface area contributed by atoms with E-state index in [1.54, 1.807) is 30.1 Å². The standard InChI is InChI=1S/C40H24N3O2.C34H25N4O2.C30H16N3O2S.3Ag/c1-42-35-16-8-7-12-29(35)23-36(42)32-15-9-17-38-39(32)41-40(45-38)43(30-13-3-2-4-14-30)31-20-21-37-33(24-31)34(25-44-37)28-19-18-26-10-5-6-11-27(26)22-28;1-21-17-22(2)37(19-21)29-20-39-33-27(29)18-30(40-33)38(25-10-5-4-6-11-25)34-35-32-28(36(34)3)16-15-24-14-13-23-9-7-8-12-26(23)31(24)32;1-32-12-11-19(15-32)24-17-36-26-13-21-20-9-5-6-10-25(20)33(29(21)31-28(24)26)27-14-22-23(16-34-30(22)35-27)18-7-3-2-4-8-18;;;/h2-18,20-22,25H,1H3;4-11,15-17,20H,13-14H2,1-3H3;2-7,9-10,12-13,15-17H,1H3;;;/q3*-3;;;. The zero-order valence-electron chi connectivity index (χ0n) is 66.7. The number of imidazole rings is 1. The Morgan fingerprint density at radius 3 is 2.04 bits per heavy atom. The minimum absolute atomic E-state index is 0. The quantitative estimate of drug-likeness (QED) is 0.0850. The van der Waals surface area contributed by atoms with Gasteiger partial charge in [0.05, 0.1) is 27.8 Å². The molecule has 13 heterocycles. The van der Waals surface area contributed by atoms with Gasteiger partial charge in [-0.05, 0) is 90.1 Å². The molecule has 25 rings (SSSR count). The average molecular weight is 1910 g/mol. The summed E-state index contributed by atoms with van der Waals surface area (Å²) in [6.07, 6.45) is 14.5. The third-order valence-electron chi connectivity index (χ3n) is 22.9. The topological polar surface area (TPSA) is 149 Å². The number of benzene rings is 11. The molecule has 0 aliphatic heterocycles. The Balaban J connectivity index is 0.000000117. The number of oxazole rings is 1. The summed E-state index contributed by atoms with van der Waals surface area (Å²) in [7, 11) is 6.11. The van der Waals surface area contributed by atoms with Crippen molar-refractivity contribution in [3.63, 3.8) is 0 Å². The van der Waals surface area contributed by atoms with E-state index in [9.17, 15) is 0 Å². The number of thiophene rings is 1. The molecular weight excluding hydrogens is 1840 g/mol. The minimum atomic E-state index is 0. The zero-order valence-corrected chi connectivity index (χ0v) is 72.0. The summed E-state index contributed by atoms with van der Waals surface area (Å²) in [5.41, 5.74) is 26.3. The monoisotopic (exact) mass is 1900 g/mol. The summed E-state index contributed by atoms with van der Waals surface area (Å²) < 4.78 is 48.1. The molecule has 16 nitrogen and oxygen atoms in total. The van der Waals surface area contributed by atoms with Crippen molar-refractivity contribution in [3.05, 3.63) is 356 Å². The maximum atomic E-state index is 6.51. The van der Waals surface area contributed by atoms with E-state index < -0.39 is 0 Å². The Morgan fingerprint density at radius 2 is 1.23 bits per heavy atom. The van der Waals surface area contributed by atoms with E-state index in [0.717, 1.165) is 195 Å². The van der Waals surface area contributed by atoms with Gasteiger partial charge in [-0.25, -0.2) is 15.0 Å². The second kappa shape index (κ2) is 32.1. The molecular formula is C104H65Ag3N10O6S-9. The van der Waals surface area contributed by atoms with Crippen molar-refractivity contribution >= 4 is 156 Å². The molecule has 11 aromatic carbocycles. The molecule has 0 amide bonds. The van der Waals surface area contributed by atoms with Crippen LogP contribution < -0.4 is 9.80 Å². The Morgan fingerprint density at radius 1 is 0.484 bits per heavy atom. The second-order valence-electron chi connectivity index (χ2n) is 30.3. The summed E-state index contributed by atoms with van der Waals surface area (Å²) in [4.78, 5) is 19.6. The number of aromatic nitrogens is 8. The van der Waals surface area contributed by atoms with Crippen molar-refractivity contribution in [3.8, 4) is 67.3 Å². The molecule has 0 unspecified atom stereocenters. The normalized spacial score (nSPS) is 11.8. The van der Waals surface area contributed by atoms with Crippen LogP contribution in [0.4, 0.5) is 34.9 Å². The molecule has 3 radical (unpaired) electrons. The van der Waals surface area contributed by atoms with E-state index in [1.165, 1.54) is 16.7 Å². The smallest absolute Gasteiger partial charge is 0.305 e. The van der Waals surface area contributed by atoms with E-state index >= 15 is 0 Å². The van der Waals surface area contributed by atoms with E-state index in [4.69, 9.17) is 41.5 Å². The van der Waals surface area contributed by atoms with Gasteiger partial charge in [0.25, 0.3) is 0 Å². The number of fused-ring (bicyclic) bond motifs is 15. The molecule has 0 bridgehead atoms. The molecule has 0 N–H and O–H groups in total. The molecule has 0 saturated carbocycles. The van der Waals surface area contributed by atoms with E-state index in [1.807, 2.05) is 202 Å². The summed E-state index contributed by atoms with van der Waals surface area (Å²) in [6.45, 7) is 4.08. The number of hydrogen-bond donors (Lipinski definition) is 0. The van der Waals surface area contributed by atoms with E-state index in [-0.39, 0.29) is 67.1 Å². The molecule has 20 heteroatoms. The van der Waals surface area contributed by atoms with Gasteiger partial charge in [-0.1, -0.05) is 203 Å². The Labute approximate surface area is 761 Å². The summed E-state index contributed by atoms with van der Waals surface area (Å²) in [5.74, 6) is 2.61. The second-order valence-corrected chi connectivity index (χ2v) is 31.2. The van der Waals surface area contributed by atoms with Gasteiger partial charge in [0.1, 0.15) is 23.0 Å². The molecule has 0 fully saturated rings. The third-order valence-corrected chi connectivity index (χ3v) is 23.8. The molecule has 0 spiro atoms. The van der Waals surface area contributed by atoms with Crippen LogP contribution in [0.3, 0.4) is 0 Å². The van der Waals surface area contributed by atoms with Crippen molar-refractivity contribution in [2.24, 2.45) is 21.1 Å². The molecule has 1 aliphatic rings. The van der Waals surface area contributed by atoms with Gasteiger partial charge in [-0.15, -0.1) is 166 Å². The number of hydrogen-bond acceptors (Lipinski definition) is 12. The largest absolute Gasteiger partial charge is 0.518 e. The molecule has 0 saturated heterocycles. The van der Waals surface area contributed by atoms with Crippen LogP contribution >= 0.6 is 11.3 Å². The van der Waals surface area contributed by atoms with Crippen LogP contribution in [-0.4, -0.2) is 37.8 Å². The molecule has 24 aromatic rings. The van der Waals surface area contributed by atoms with E-state index in [0.29, 0.717) is 34.9 Å². The molecule has 0 atom stereocenters. The molecule has 13 aromatic heterocycles. The Kier molecular flexibility index (Phi) is 20.5. The summed E-state index contributed by atoms with van der Waals surface area (Å²) >= 11 is 1.70. The summed E-state index contributed by atoms with van der Waals surface area (Å²) in [6, 6.07) is 110.